The molecule has 0 radical (unpaired) electrons. The highest BCUT2D eigenvalue weighted by atomic mass is 32.2. The van der Waals surface area contributed by atoms with E-state index in [0.29, 0.717) is 10.0 Å². The highest BCUT2D eigenvalue weighted by Gasteiger charge is 2.30. The van der Waals surface area contributed by atoms with E-state index in [9.17, 15) is 35.2 Å². The normalized spacial score (nSPS) is 12.7. The molecule has 1 aromatic heterocycles. The van der Waals surface area contributed by atoms with Gasteiger partial charge in [0, 0.05) is 11.6 Å². The lowest BCUT2D eigenvalue weighted by atomic mass is 9.95. The smallest absolute Gasteiger partial charge is 0.244 e. The van der Waals surface area contributed by atoms with Crippen LogP contribution in [-0.4, -0.2) is 28.5 Å². The van der Waals surface area contributed by atoms with Crippen LogP contribution in [0.2, 0.25) is 0 Å². The zero-order chi connectivity index (χ0) is 24.1. The van der Waals surface area contributed by atoms with E-state index >= 15 is 0 Å². The predicted molar refractivity (Wildman–Crippen MR) is 106 cm³/mol. The lowest BCUT2D eigenvalue weighted by molar-refractivity contribution is -0.113. The first-order chi connectivity index (χ1) is 14.8. The van der Waals surface area contributed by atoms with Crippen LogP contribution in [-0.2, 0) is 14.8 Å². The molecular weight excluding hydrogens is 459 g/mol. The Hall–Kier alpha value is -3.48. The quantitative estimate of drug-likeness (QED) is 0.255. The number of halogens is 5. The number of imidazole rings is 1. The van der Waals surface area contributed by atoms with E-state index in [1.807, 2.05) is 0 Å². The third kappa shape index (κ3) is 3.57. The van der Waals surface area contributed by atoms with Crippen molar-refractivity contribution in [1.82, 2.24) is 8.96 Å². The standard InChI is InChI=1S/C19H15F5N4O3S/c1-7(2)32(30,31)28-11-5-8(3-4-10(11)27-19(28)26)9(6-12(25)29)13-14(20)16(22)18(24)17(23)15(13)21/h3-7H,1-2H3,(H2,25,29)(H2,26,27). The SMILES string of the molecule is CC(C)S(=O)(=O)n1c(N)nc2ccc(C(=CC(N)=O)c3c(F)c(F)c(F)c(F)c3F)cc21. The molecule has 1 heterocycles. The van der Waals surface area contributed by atoms with Crippen LogP contribution in [0, 0.1) is 29.1 Å². The number of carbonyl (C=O) groups is 1. The molecule has 0 fully saturated rings. The largest absolute Gasteiger partial charge is 0.368 e. The number of nitrogens with zero attached hydrogens (tertiary/aromatic N) is 2. The monoisotopic (exact) mass is 474 g/mol. The van der Waals surface area contributed by atoms with Gasteiger partial charge in [-0.2, -0.15) is 0 Å². The van der Waals surface area contributed by atoms with Gasteiger partial charge < -0.3 is 11.5 Å². The van der Waals surface area contributed by atoms with E-state index in [1.54, 1.807) is 0 Å². The van der Waals surface area contributed by atoms with Crippen LogP contribution in [0.25, 0.3) is 16.6 Å². The topological polar surface area (TPSA) is 121 Å². The number of amides is 1. The van der Waals surface area contributed by atoms with E-state index in [1.165, 1.54) is 19.9 Å². The van der Waals surface area contributed by atoms with E-state index in [4.69, 9.17) is 11.5 Å². The molecule has 0 saturated heterocycles. The number of carbonyl (C=O) groups excluding carboxylic acids is 1. The lowest BCUT2D eigenvalue weighted by Gasteiger charge is -2.14. The van der Waals surface area contributed by atoms with Gasteiger partial charge in [0.1, 0.15) is 0 Å². The molecule has 0 atom stereocenters. The molecule has 32 heavy (non-hydrogen) atoms. The summed E-state index contributed by atoms with van der Waals surface area (Å²) in [5.74, 6) is -12.9. The highest BCUT2D eigenvalue weighted by Crippen LogP contribution is 2.34. The Morgan fingerprint density at radius 1 is 1.03 bits per heavy atom. The molecule has 3 rings (SSSR count). The van der Waals surface area contributed by atoms with E-state index in [0.717, 1.165) is 12.1 Å². The number of hydrogen-bond donors (Lipinski definition) is 2. The van der Waals surface area contributed by atoms with Crippen molar-refractivity contribution in [1.29, 1.82) is 0 Å². The Bertz CT molecular complexity index is 1390. The summed E-state index contributed by atoms with van der Waals surface area (Å²) in [6.45, 7) is 2.75. The van der Waals surface area contributed by atoms with E-state index in [-0.39, 0.29) is 16.6 Å². The van der Waals surface area contributed by atoms with Gasteiger partial charge in [-0.15, -0.1) is 0 Å². The fraction of sp³-hybridized carbons (Fsp3) is 0.158. The third-order valence-corrected chi connectivity index (χ3v) is 6.65. The van der Waals surface area contributed by atoms with Gasteiger partial charge in [0.2, 0.25) is 27.7 Å². The minimum absolute atomic E-state index is 0.0614. The molecule has 3 aromatic rings. The summed E-state index contributed by atoms with van der Waals surface area (Å²) in [5.41, 5.74) is 8.26. The van der Waals surface area contributed by atoms with Gasteiger partial charge in [-0.05, 0) is 31.5 Å². The van der Waals surface area contributed by atoms with Crippen molar-refractivity contribution in [2.45, 2.75) is 19.1 Å². The summed E-state index contributed by atoms with van der Waals surface area (Å²) in [6, 6.07) is 3.37. The first-order valence-corrected chi connectivity index (χ1v) is 10.3. The Balaban J connectivity index is 2.41. The van der Waals surface area contributed by atoms with Gasteiger partial charge >= 0.3 is 0 Å². The molecule has 0 aliphatic carbocycles. The maximum atomic E-state index is 14.4. The minimum atomic E-state index is -4.06. The summed E-state index contributed by atoms with van der Waals surface area (Å²) in [7, 11) is -4.06. The van der Waals surface area contributed by atoms with Crippen LogP contribution in [0.3, 0.4) is 0 Å². The Kier molecular flexibility index (Phi) is 5.72. The molecule has 0 unspecified atom stereocenters. The fourth-order valence-electron chi connectivity index (χ4n) is 3.00. The van der Waals surface area contributed by atoms with Crippen LogP contribution in [0.4, 0.5) is 27.9 Å². The maximum absolute atomic E-state index is 14.4. The van der Waals surface area contributed by atoms with E-state index < -0.39 is 67.4 Å². The third-order valence-electron chi connectivity index (χ3n) is 4.56. The minimum Gasteiger partial charge on any atom is -0.368 e. The lowest BCUT2D eigenvalue weighted by Crippen LogP contribution is -2.23. The second kappa shape index (κ2) is 7.89. The average Bonchev–Trinajstić information content (AvgIpc) is 3.05. The molecule has 1 amide bonds. The number of aromatic nitrogens is 2. The molecule has 7 nitrogen and oxygen atoms in total. The number of hydrogen-bond acceptors (Lipinski definition) is 5. The number of nitrogen functional groups attached to an aromatic ring is 1. The van der Waals surface area contributed by atoms with Crippen LogP contribution in [0.5, 0.6) is 0 Å². The Labute approximate surface area is 178 Å². The van der Waals surface area contributed by atoms with E-state index in [2.05, 4.69) is 4.98 Å². The molecular formula is C19H15F5N4O3S. The van der Waals surface area contributed by atoms with Crippen LogP contribution in [0.1, 0.15) is 25.0 Å². The van der Waals surface area contributed by atoms with Crippen molar-refractivity contribution in [2.75, 3.05) is 5.73 Å². The number of benzene rings is 2. The fourth-order valence-corrected chi connectivity index (χ4v) is 4.15. The Morgan fingerprint density at radius 3 is 2.06 bits per heavy atom. The van der Waals surface area contributed by atoms with Crippen molar-refractivity contribution < 1.29 is 35.2 Å². The molecule has 0 spiro atoms. The first kappa shape index (κ1) is 23.2. The average molecular weight is 474 g/mol. The van der Waals surface area contributed by atoms with Crippen molar-refractivity contribution >= 4 is 38.5 Å². The zero-order valence-corrected chi connectivity index (χ0v) is 17.3. The molecule has 170 valence electrons. The molecule has 4 N–H and O–H groups in total. The van der Waals surface area contributed by atoms with Gasteiger partial charge in [0.05, 0.1) is 21.8 Å². The Morgan fingerprint density at radius 2 is 1.56 bits per heavy atom. The number of nitrogens with two attached hydrogens (primary N) is 2. The molecule has 0 bridgehead atoms. The number of anilines is 1. The molecule has 0 aliphatic heterocycles. The summed E-state index contributed by atoms with van der Waals surface area (Å²) < 4.78 is 95.9. The molecule has 2 aromatic carbocycles. The summed E-state index contributed by atoms with van der Waals surface area (Å²) in [6.07, 6.45) is 0.459. The van der Waals surface area contributed by atoms with Crippen molar-refractivity contribution in [2.24, 2.45) is 5.73 Å². The second-order valence-electron chi connectivity index (χ2n) is 6.94. The highest BCUT2D eigenvalue weighted by molar-refractivity contribution is 7.90. The van der Waals surface area contributed by atoms with Crippen molar-refractivity contribution in [3.63, 3.8) is 0 Å². The zero-order valence-electron chi connectivity index (χ0n) is 16.5. The van der Waals surface area contributed by atoms with Gasteiger partial charge in [-0.25, -0.2) is 39.3 Å². The van der Waals surface area contributed by atoms with Crippen molar-refractivity contribution in [3.05, 3.63) is 64.5 Å². The van der Waals surface area contributed by atoms with Crippen LogP contribution >= 0.6 is 0 Å². The molecule has 13 heteroatoms. The maximum Gasteiger partial charge on any atom is 0.244 e. The number of fused-ring (bicyclic) bond motifs is 1. The number of primary amides is 1. The van der Waals surface area contributed by atoms with Gasteiger partial charge in [-0.1, -0.05) is 6.07 Å². The first-order valence-electron chi connectivity index (χ1n) is 8.84. The van der Waals surface area contributed by atoms with Crippen LogP contribution in [0.15, 0.2) is 24.3 Å². The van der Waals surface area contributed by atoms with Crippen molar-refractivity contribution in [3.8, 4) is 0 Å². The van der Waals surface area contributed by atoms with Gasteiger partial charge in [0.15, 0.2) is 23.3 Å². The predicted octanol–water partition coefficient (Wildman–Crippen LogP) is 2.82. The van der Waals surface area contributed by atoms with Gasteiger partial charge in [0.25, 0.3) is 0 Å². The second-order valence-corrected chi connectivity index (χ2v) is 9.27. The summed E-state index contributed by atoms with van der Waals surface area (Å²) in [5, 5.41) is -0.943. The summed E-state index contributed by atoms with van der Waals surface area (Å²) >= 11 is 0. The van der Waals surface area contributed by atoms with Crippen LogP contribution < -0.4 is 11.5 Å². The summed E-state index contributed by atoms with van der Waals surface area (Å²) in [4.78, 5) is 15.4. The van der Waals surface area contributed by atoms with Gasteiger partial charge in [-0.3, -0.25) is 4.79 Å². The molecule has 0 aliphatic rings. The molecule has 0 saturated carbocycles. The number of rotatable bonds is 5.